The molecular formula is C13H14BrNO3S2. The number of benzene rings is 1. The van der Waals surface area contributed by atoms with Crippen molar-refractivity contribution in [2.45, 2.75) is 24.2 Å². The van der Waals surface area contributed by atoms with Crippen LogP contribution in [-0.4, -0.2) is 14.5 Å². The van der Waals surface area contributed by atoms with E-state index in [1.165, 1.54) is 11.3 Å². The van der Waals surface area contributed by atoms with Crippen LogP contribution in [0.2, 0.25) is 0 Å². The number of hydrogen-bond donors (Lipinski definition) is 1. The second-order valence-electron chi connectivity index (χ2n) is 4.36. The van der Waals surface area contributed by atoms with Gasteiger partial charge in [0.05, 0.1) is 9.89 Å². The molecule has 1 aromatic carbocycles. The van der Waals surface area contributed by atoms with Crippen molar-refractivity contribution in [2.24, 2.45) is 0 Å². The van der Waals surface area contributed by atoms with Crippen LogP contribution in [0, 0.1) is 0 Å². The number of sulfonamides is 1. The number of hydrogen-bond acceptors (Lipinski definition) is 4. The van der Waals surface area contributed by atoms with E-state index < -0.39 is 10.0 Å². The monoisotopic (exact) mass is 375 g/mol. The van der Waals surface area contributed by atoms with Gasteiger partial charge >= 0.3 is 0 Å². The maximum atomic E-state index is 12.1. The minimum atomic E-state index is -3.53. The van der Waals surface area contributed by atoms with Gasteiger partial charge in [-0.05, 0) is 66.2 Å². The molecule has 0 bridgehead atoms. The first kappa shape index (κ1) is 15.3. The molecule has 2 rings (SSSR count). The second-order valence-corrected chi connectivity index (χ2v) is 8.73. The van der Waals surface area contributed by atoms with Crippen LogP contribution in [0.5, 0.6) is 5.75 Å². The molecule has 108 valence electrons. The average Bonchev–Trinajstić information content (AvgIpc) is 2.78. The summed E-state index contributed by atoms with van der Waals surface area (Å²) in [4.78, 5) is 0. The molecule has 0 aliphatic carbocycles. The number of rotatable bonds is 5. The normalized spacial score (nSPS) is 11.6. The summed E-state index contributed by atoms with van der Waals surface area (Å²) in [5.74, 6) is 0.710. The quantitative estimate of drug-likeness (QED) is 0.855. The lowest BCUT2D eigenvalue weighted by molar-refractivity contribution is 0.242. The maximum absolute atomic E-state index is 12.1. The van der Waals surface area contributed by atoms with Gasteiger partial charge in [-0.1, -0.05) is 0 Å². The molecule has 7 heteroatoms. The molecule has 0 radical (unpaired) electrons. The largest absolute Gasteiger partial charge is 0.491 e. The number of nitrogens with one attached hydrogen (secondary N) is 1. The Hall–Kier alpha value is -1.05. The summed E-state index contributed by atoms with van der Waals surface area (Å²) >= 11 is 4.42. The zero-order valence-electron chi connectivity index (χ0n) is 11.0. The standard InChI is InChI=1S/C13H14BrNO3S2/c1-9(2)18-11-5-3-10(4-6-11)15-20(16,17)13-8-7-12(14)19-13/h3-9,15H,1-2H3. The van der Waals surface area contributed by atoms with Gasteiger partial charge in [-0.3, -0.25) is 4.72 Å². The van der Waals surface area contributed by atoms with Gasteiger partial charge in [0.25, 0.3) is 10.0 Å². The molecule has 0 aliphatic heterocycles. The van der Waals surface area contributed by atoms with Gasteiger partial charge in [-0.25, -0.2) is 8.42 Å². The molecule has 0 atom stereocenters. The van der Waals surface area contributed by atoms with Crippen molar-refractivity contribution in [3.05, 3.63) is 40.2 Å². The summed E-state index contributed by atoms with van der Waals surface area (Å²) in [6.45, 7) is 3.87. The van der Waals surface area contributed by atoms with Gasteiger partial charge in [0.15, 0.2) is 0 Å². The van der Waals surface area contributed by atoms with E-state index in [9.17, 15) is 8.42 Å². The Morgan fingerprint density at radius 1 is 1.15 bits per heavy atom. The summed E-state index contributed by atoms with van der Waals surface area (Å²) in [5, 5.41) is 0. The zero-order chi connectivity index (χ0) is 14.8. The van der Waals surface area contributed by atoms with Crippen molar-refractivity contribution < 1.29 is 13.2 Å². The third-order valence-corrected chi connectivity index (χ3v) is 5.79. The van der Waals surface area contributed by atoms with E-state index in [0.29, 0.717) is 11.4 Å². The smallest absolute Gasteiger partial charge is 0.271 e. The van der Waals surface area contributed by atoms with Gasteiger partial charge in [0.1, 0.15) is 9.96 Å². The molecule has 1 heterocycles. The van der Waals surface area contributed by atoms with E-state index in [1.807, 2.05) is 13.8 Å². The molecule has 1 aromatic heterocycles. The topological polar surface area (TPSA) is 55.4 Å². The Bertz CT molecular complexity index is 678. The molecule has 0 spiro atoms. The van der Waals surface area contributed by atoms with Crippen molar-refractivity contribution in [3.63, 3.8) is 0 Å². The van der Waals surface area contributed by atoms with Crippen LogP contribution >= 0.6 is 27.3 Å². The van der Waals surface area contributed by atoms with Crippen LogP contribution in [0.1, 0.15) is 13.8 Å². The van der Waals surface area contributed by atoms with Crippen molar-refractivity contribution in [1.82, 2.24) is 0 Å². The van der Waals surface area contributed by atoms with E-state index in [4.69, 9.17) is 4.74 Å². The lowest BCUT2D eigenvalue weighted by atomic mass is 10.3. The lowest BCUT2D eigenvalue weighted by Gasteiger charge is -2.11. The van der Waals surface area contributed by atoms with Crippen LogP contribution in [0.3, 0.4) is 0 Å². The molecule has 0 saturated carbocycles. The van der Waals surface area contributed by atoms with Crippen molar-refractivity contribution >= 4 is 43.0 Å². The Labute approximate surface area is 131 Å². The molecule has 0 amide bonds. The summed E-state index contributed by atoms with van der Waals surface area (Å²) in [5.41, 5.74) is 0.505. The van der Waals surface area contributed by atoms with Crippen LogP contribution in [-0.2, 0) is 10.0 Å². The second kappa shape index (κ2) is 6.15. The summed E-state index contributed by atoms with van der Waals surface area (Å²) in [7, 11) is -3.53. The number of ether oxygens (including phenoxy) is 1. The molecule has 0 unspecified atom stereocenters. The van der Waals surface area contributed by atoms with E-state index in [-0.39, 0.29) is 10.3 Å². The highest BCUT2D eigenvalue weighted by Crippen LogP contribution is 2.28. The fourth-order valence-electron chi connectivity index (χ4n) is 1.52. The molecule has 20 heavy (non-hydrogen) atoms. The summed E-state index contributed by atoms with van der Waals surface area (Å²) in [6.07, 6.45) is 0.0843. The van der Waals surface area contributed by atoms with Crippen LogP contribution in [0.15, 0.2) is 44.4 Å². The summed E-state index contributed by atoms with van der Waals surface area (Å²) in [6, 6.07) is 10.1. The molecule has 0 aliphatic rings. The first-order chi connectivity index (χ1) is 9.37. The third kappa shape index (κ3) is 3.97. The molecule has 0 saturated heterocycles. The Balaban J connectivity index is 2.13. The number of halogens is 1. The summed E-state index contributed by atoms with van der Waals surface area (Å²) < 4.78 is 33.3. The zero-order valence-corrected chi connectivity index (χ0v) is 14.2. The van der Waals surface area contributed by atoms with Crippen molar-refractivity contribution in [2.75, 3.05) is 4.72 Å². The van der Waals surface area contributed by atoms with Gasteiger partial charge in [-0.2, -0.15) is 0 Å². The molecule has 4 nitrogen and oxygen atoms in total. The lowest BCUT2D eigenvalue weighted by Crippen LogP contribution is -2.11. The SMILES string of the molecule is CC(C)Oc1ccc(NS(=O)(=O)c2ccc(Br)s2)cc1. The Morgan fingerprint density at radius 3 is 2.30 bits per heavy atom. The van der Waals surface area contributed by atoms with Gasteiger partial charge < -0.3 is 4.74 Å². The minimum Gasteiger partial charge on any atom is -0.491 e. The van der Waals surface area contributed by atoms with Crippen LogP contribution < -0.4 is 9.46 Å². The predicted molar refractivity (Wildman–Crippen MR) is 85.0 cm³/mol. The number of thiophene rings is 1. The van der Waals surface area contributed by atoms with Crippen LogP contribution in [0.25, 0.3) is 0 Å². The average molecular weight is 376 g/mol. The predicted octanol–water partition coefficient (Wildman–Crippen LogP) is 4.10. The highest BCUT2D eigenvalue weighted by atomic mass is 79.9. The molecular weight excluding hydrogens is 362 g/mol. The Morgan fingerprint density at radius 2 is 1.80 bits per heavy atom. The molecule has 0 fully saturated rings. The Kier molecular flexibility index (Phi) is 4.72. The molecule has 2 aromatic rings. The van der Waals surface area contributed by atoms with Crippen LogP contribution in [0.4, 0.5) is 5.69 Å². The highest BCUT2D eigenvalue weighted by molar-refractivity contribution is 9.11. The maximum Gasteiger partial charge on any atom is 0.271 e. The fourth-order valence-corrected chi connectivity index (χ4v) is 4.59. The van der Waals surface area contributed by atoms with Crippen molar-refractivity contribution in [1.29, 1.82) is 0 Å². The van der Waals surface area contributed by atoms with E-state index in [2.05, 4.69) is 20.7 Å². The van der Waals surface area contributed by atoms with Gasteiger partial charge in [0.2, 0.25) is 0 Å². The van der Waals surface area contributed by atoms with Gasteiger partial charge in [-0.15, -0.1) is 11.3 Å². The molecule has 1 N–H and O–H groups in total. The van der Waals surface area contributed by atoms with E-state index in [0.717, 1.165) is 3.79 Å². The van der Waals surface area contributed by atoms with E-state index in [1.54, 1.807) is 36.4 Å². The van der Waals surface area contributed by atoms with E-state index >= 15 is 0 Å². The van der Waals surface area contributed by atoms with Crippen molar-refractivity contribution in [3.8, 4) is 5.75 Å². The fraction of sp³-hybridized carbons (Fsp3) is 0.231. The highest BCUT2D eigenvalue weighted by Gasteiger charge is 2.16. The number of anilines is 1. The minimum absolute atomic E-state index is 0.0843. The van der Waals surface area contributed by atoms with Gasteiger partial charge in [0, 0.05) is 5.69 Å². The third-order valence-electron chi connectivity index (χ3n) is 2.29. The first-order valence-electron chi connectivity index (χ1n) is 5.92. The first-order valence-corrected chi connectivity index (χ1v) is 9.01.